The van der Waals surface area contributed by atoms with Gasteiger partial charge in [0.15, 0.2) is 0 Å². The summed E-state index contributed by atoms with van der Waals surface area (Å²) in [5.74, 6) is 0.675. The van der Waals surface area contributed by atoms with Crippen molar-refractivity contribution >= 4 is 6.09 Å². The van der Waals surface area contributed by atoms with Gasteiger partial charge in [-0.05, 0) is 33.1 Å². The zero-order valence-corrected chi connectivity index (χ0v) is 10.2. The smallest absolute Gasteiger partial charge is 0.405 e. The summed E-state index contributed by atoms with van der Waals surface area (Å²) in [6, 6.07) is 2.35. The Morgan fingerprint density at radius 1 is 1.50 bits per heavy atom. The highest BCUT2D eigenvalue weighted by Gasteiger charge is 2.39. The molecule has 0 heterocycles. The summed E-state index contributed by atoms with van der Waals surface area (Å²) in [7, 11) is 0. The average Bonchev–Trinajstić information content (AvgIpc) is 2.84. The second-order valence-electron chi connectivity index (χ2n) is 5.68. The summed E-state index contributed by atoms with van der Waals surface area (Å²) >= 11 is 0. The van der Waals surface area contributed by atoms with Crippen molar-refractivity contribution in [1.82, 2.24) is 0 Å². The lowest BCUT2D eigenvalue weighted by Gasteiger charge is -2.32. The van der Waals surface area contributed by atoms with E-state index in [1.54, 1.807) is 13.8 Å². The molecule has 0 radical (unpaired) electrons. The van der Waals surface area contributed by atoms with Crippen LogP contribution in [0.1, 0.15) is 46.5 Å². The van der Waals surface area contributed by atoms with E-state index in [4.69, 9.17) is 10.5 Å². The number of carbonyl (C=O) groups is 1. The fourth-order valence-corrected chi connectivity index (χ4v) is 2.36. The first-order chi connectivity index (χ1) is 7.26. The van der Waals surface area contributed by atoms with E-state index in [0.29, 0.717) is 12.3 Å². The van der Waals surface area contributed by atoms with Gasteiger partial charge in [-0.2, -0.15) is 5.26 Å². The van der Waals surface area contributed by atoms with Gasteiger partial charge in [-0.25, -0.2) is 4.79 Å². The number of hydrogen-bond donors (Lipinski definition) is 1. The van der Waals surface area contributed by atoms with Crippen LogP contribution in [0, 0.1) is 22.7 Å². The number of carbonyl (C=O) groups excluding carboxylic acids is 1. The Hall–Kier alpha value is -1.24. The standard InChI is InChI=1S/C12H20N2O2/c1-11(2,16-10(14)15)7-12(3,8-13)6-9-4-5-9/h9H,4-7H2,1-3H3,(H2,14,15). The number of nitriles is 1. The van der Waals surface area contributed by atoms with Gasteiger partial charge >= 0.3 is 6.09 Å². The maximum absolute atomic E-state index is 10.7. The molecule has 1 amide bonds. The van der Waals surface area contributed by atoms with Crippen LogP contribution in [-0.2, 0) is 4.74 Å². The van der Waals surface area contributed by atoms with Crippen LogP contribution in [0.15, 0.2) is 0 Å². The van der Waals surface area contributed by atoms with Gasteiger partial charge in [-0.1, -0.05) is 12.8 Å². The molecule has 0 spiro atoms. The predicted molar refractivity (Wildman–Crippen MR) is 60.4 cm³/mol. The molecule has 0 saturated heterocycles. The molecule has 0 aliphatic heterocycles. The number of hydrogen-bond acceptors (Lipinski definition) is 3. The van der Waals surface area contributed by atoms with E-state index in [1.165, 1.54) is 12.8 Å². The summed E-state index contributed by atoms with van der Waals surface area (Å²) in [6.45, 7) is 5.51. The van der Waals surface area contributed by atoms with Crippen LogP contribution >= 0.6 is 0 Å². The van der Waals surface area contributed by atoms with E-state index in [0.717, 1.165) is 6.42 Å². The van der Waals surface area contributed by atoms with E-state index in [-0.39, 0.29) is 0 Å². The van der Waals surface area contributed by atoms with Crippen molar-refractivity contribution in [2.75, 3.05) is 0 Å². The Morgan fingerprint density at radius 2 is 2.06 bits per heavy atom. The second-order valence-corrected chi connectivity index (χ2v) is 5.68. The van der Waals surface area contributed by atoms with Gasteiger partial charge in [-0.15, -0.1) is 0 Å². The summed E-state index contributed by atoms with van der Waals surface area (Å²) < 4.78 is 5.02. The molecule has 1 aliphatic rings. The highest BCUT2D eigenvalue weighted by Crippen LogP contribution is 2.43. The van der Waals surface area contributed by atoms with E-state index < -0.39 is 17.1 Å². The fraction of sp³-hybridized carbons (Fsp3) is 0.833. The van der Waals surface area contributed by atoms with Gasteiger partial charge in [0, 0.05) is 6.42 Å². The monoisotopic (exact) mass is 224 g/mol. The molecule has 1 aliphatic carbocycles. The molecule has 0 bridgehead atoms. The number of nitrogens with two attached hydrogens (primary N) is 1. The lowest BCUT2D eigenvalue weighted by molar-refractivity contribution is 0.0163. The highest BCUT2D eigenvalue weighted by atomic mass is 16.6. The Labute approximate surface area is 96.8 Å². The number of ether oxygens (including phenoxy) is 1. The van der Waals surface area contributed by atoms with Crippen molar-refractivity contribution in [2.45, 2.75) is 52.1 Å². The predicted octanol–water partition coefficient (Wildman–Crippen LogP) is 2.58. The van der Waals surface area contributed by atoms with Crippen LogP contribution in [0.3, 0.4) is 0 Å². The van der Waals surface area contributed by atoms with Crippen molar-refractivity contribution in [1.29, 1.82) is 5.26 Å². The molecule has 1 rings (SSSR count). The van der Waals surface area contributed by atoms with Crippen molar-refractivity contribution in [3.05, 3.63) is 0 Å². The molecule has 4 heteroatoms. The molecule has 1 unspecified atom stereocenters. The third kappa shape index (κ3) is 4.09. The molecule has 0 aromatic heterocycles. The topological polar surface area (TPSA) is 76.1 Å². The SMILES string of the molecule is CC(C#N)(CC1CC1)CC(C)(C)OC(N)=O. The lowest BCUT2D eigenvalue weighted by Crippen LogP contribution is -2.36. The van der Waals surface area contributed by atoms with Crippen molar-refractivity contribution in [3.63, 3.8) is 0 Å². The van der Waals surface area contributed by atoms with Crippen molar-refractivity contribution < 1.29 is 9.53 Å². The van der Waals surface area contributed by atoms with Crippen LogP contribution in [-0.4, -0.2) is 11.7 Å². The summed E-state index contributed by atoms with van der Waals surface area (Å²) in [6.07, 6.45) is 3.06. The minimum absolute atomic E-state index is 0.430. The van der Waals surface area contributed by atoms with Crippen LogP contribution in [0.25, 0.3) is 0 Å². The van der Waals surface area contributed by atoms with Crippen LogP contribution in [0.4, 0.5) is 4.79 Å². The molecule has 0 aromatic carbocycles. The molecule has 0 aromatic rings. The molecule has 1 saturated carbocycles. The number of rotatable bonds is 5. The molecule has 2 N–H and O–H groups in total. The average molecular weight is 224 g/mol. The minimum atomic E-state index is -0.781. The minimum Gasteiger partial charge on any atom is -0.444 e. The Kier molecular flexibility index (Phi) is 3.47. The first-order valence-electron chi connectivity index (χ1n) is 5.66. The third-order valence-electron chi connectivity index (χ3n) is 2.90. The molecular weight excluding hydrogens is 204 g/mol. The molecule has 4 nitrogen and oxygen atoms in total. The molecular formula is C12H20N2O2. The van der Waals surface area contributed by atoms with Crippen LogP contribution in [0.5, 0.6) is 0 Å². The molecule has 1 fully saturated rings. The number of primary amides is 1. The van der Waals surface area contributed by atoms with E-state index in [9.17, 15) is 10.1 Å². The zero-order valence-electron chi connectivity index (χ0n) is 10.2. The van der Waals surface area contributed by atoms with Gasteiger partial charge in [0.1, 0.15) is 5.60 Å². The van der Waals surface area contributed by atoms with Crippen molar-refractivity contribution in [2.24, 2.45) is 17.1 Å². The van der Waals surface area contributed by atoms with Crippen LogP contribution < -0.4 is 5.73 Å². The maximum atomic E-state index is 10.7. The molecule has 90 valence electrons. The summed E-state index contributed by atoms with van der Waals surface area (Å²) in [5.41, 5.74) is 3.90. The molecule has 16 heavy (non-hydrogen) atoms. The summed E-state index contributed by atoms with van der Waals surface area (Å²) in [4.78, 5) is 10.7. The first kappa shape index (κ1) is 12.8. The van der Waals surface area contributed by atoms with Gasteiger partial charge < -0.3 is 10.5 Å². The third-order valence-corrected chi connectivity index (χ3v) is 2.90. The summed E-state index contributed by atoms with van der Waals surface area (Å²) in [5, 5.41) is 9.24. The Morgan fingerprint density at radius 3 is 2.44 bits per heavy atom. The van der Waals surface area contributed by atoms with Gasteiger partial charge in [-0.3, -0.25) is 0 Å². The fourth-order valence-electron chi connectivity index (χ4n) is 2.36. The first-order valence-corrected chi connectivity index (χ1v) is 5.66. The largest absolute Gasteiger partial charge is 0.444 e. The van der Waals surface area contributed by atoms with Crippen LogP contribution in [0.2, 0.25) is 0 Å². The Bertz CT molecular complexity index is 315. The highest BCUT2D eigenvalue weighted by molar-refractivity contribution is 5.65. The van der Waals surface area contributed by atoms with E-state index in [1.807, 2.05) is 6.92 Å². The van der Waals surface area contributed by atoms with E-state index in [2.05, 4.69) is 6.07 Å². The molecule has 1 atom stereocenters. The maximum Gasteiger partial charge on any atom is 0.405 e. The van der Waals surface area contributed by atoms with Crippen molar-refractivity contribution in [3.8, 4) is 6.07 Å². The van der Waals surface area contributed by atoms with E-state index >= 15 is 0 Å². The number of nitrogens with zero attached hydrogens (tertiary/aromatic N) is 1. The lowest BCUT2D eigenvalue weighted by atomic mass is 9.77. The van der Waals surface area contributed by atoms with Gasteiger partial charge in [0.05, 0.1) is 11.5 Å². The second kappa shape index (κ2) is 4.32. The zero-order chi connectivity index (χ0) is 12.4. The van der Waals surface area contributed by atoms with Gasteiger partial charge in [0.25, 0.3) is 0 Å². The number of amides is 1. The Balaban J connectivity index is 2.60. The quantitative estimate of drug-likeness (QED) is 0.779. The normalized spacial score (nSPS) is 19.6. The van der Waals surface area contributed by atoms with Gasteiger partial charge in [0.2, 0.25) is 0 Å².